The third kappa shape index (κ3) is 6.44. The molecule has 4 heteroatoms. The minimum atomic E-state index is -0.368. The molecule has 0 spiro atoms. The Bertz CT molecular complexity index is 589. The number of rotatable bonds is 8. The van der Waals surface area contributed by atoms with E-state index in [4.69, 9.17) is 0 Å². The summed E-state index contributed by atoms with van der Waals surface area (Å²) in [4.78, 5) is 24.4. The average molecular weight is 332 g/mol. The van der Waals surface area contributed by atoms with Crippen molar-refractivity contribution in [3.8, 4) is 0 Å². The molecule has 0 saturated carbocycles. The first-order chi connectivity index (χ1) is 11.0. The first-order valence-electron chi connectivity index (χ1n) is 8.69. The van der Waals surface area contributed by atoms with Gasteiger partial charge in [0.05, 0.1) is 0 Å². The van der Waals surface area contributed by atoms with Crippen molar-refractivity contribution >= 4 is 11.7 Å². The van der Waals surface area contributed by atoms with Crippen LogP contribution in [-0.2, 0) is 0 Å². The predicted molar refractivity (Wildman–Crippen MR) is 99.6 cm³/mol. The lowest BCUT2D eigenvalue weighted by Gasteiger charge is -2.37. The number of hydrogen-bond donors (Lipinski definition) is 2. The fourth-order valence-electron chi connectivity index (χ4n) is 3.40. The number of carbonyl (C=O) groups is 2. The highest BCUT2D eigenvalue weighted by molar-refractivity contribution is 6.00. The lowest BCUT2D eigenvalue weighted by atomic mass is 9.86. The smallest absolute Gasteiger partial charge is 0.251 e. The van der Waals surface area contributed by atoms with Gasteiger partial charge in [-0.15, -0.1) is 0 Å². The van der Waals surface area contributed by atoms with E-state index in [1.165, 1.54) is 0 Å². The van der Waals surface area contributed by atoms with Gasteiger partial charge in [-0.25, -0.2) is 0 Å². The molecular weight excluding hydrogens is 300 g/mol. The van der Waals surface area contributed by atoms with Gasteiger partial charge in [0.2, 0.25) is 0 Å². The van der Waals surface area contributed by atoms with E-state index in [-0.39, 0.29) is 22.8 Å². The second-order valence-corrected chi connectivity index (χ2v) is 8.06. The lowest BCUT2D eigenvalue weighted by molar-refractivity contribution is 0.0894. The van der Waals surface area contributed by atoms with Crippen LogP contribution in [0.2, 0.25) is 0 Å². The van der Waals surface area contributed by atoms with Crippen LogP contribution in [0.5, 0.6) is 0 Å². The SMILES string of the molecule is CCC(=O)c1cccc(C(=O)NC(C)(C)CC(C)(C)NC(C)C)c1. The number of carbonyl (C=O) groups excluding carboxylic acids is 2. The topological polar surface area (TPSA) is 58.2 Å². The first kappa shape index (κ1) is 20.4. The summed E-state index contributed by atoms with van der Waals surface area (Å²) in [6.45, 7) is 14.4. The molecule has 0 bridgehead atoms. The Morgan fingerprint density at radius 1 is 1.04 bits per heavy atom. The molecule has 0 heterocycles. The molecule has 1 amide bonds. The molecule has 1 aromatic rings. The zero-order valence-corrected chi connectivity index (χ0v) is 16.1. The van der Waals surface area contributed by atoms with E-state index in [0.717, 1.165) is 6.42 Å². The summed E-state index contributed by atoms with van der Waals surface area (Å²) < 4.78 is 0. The highest BCUT2D eigenvalue weighted by Gasteiger charge is 2.30. The van der Waals surface area contributed by atoms with Gasteiger partial charge < -0.3 is 10.6 Å². The lowest BCUT2D eigenvalue weighted by Crippen LogP contribution is -2.53. The van der Waals surface area contributed by atoms with E-state index in [9.17, 15) is 9.59 Å². The number of benzene rings is 1. The standard InChI is InChI=1S/C20H32N2O2/c1-8-17(23)15-10-9-11-16(12-15)18(24)22-20(6,7)13-19(4,5)21-14(2)3/h9-12,14,21H,8,13H2,1-7H3,(H,22,24). The van der Waals surface area contributed by atoms with Gasteiger partial charge in [-0.05, 0) is 46.2 Å². The molecule has 0 aliphatic heterocycles. The number of Topliss-reactive ketones (excluding diaryl/α,β-unsaturated/α-hetero) is 1. The van der Waals surface area contributed by atoms with Crippen molar-refractivity contribution in [3.63, 3.8) is 0 Å². The normalized spacial score (nSPS) is 12.3. The van der Waals surface area contributed by atoms with Gasteiger partial charge in [0.1, 0.15) is 0 Å². The van der Waals surface area contributed by atoms with E-state index < -0.39 is 0 Å². The monoisotopic (exact) mass is 332 g/mol. The number of hydrogen-bond acceptors (Lipinski definition) is 3. The molecule has 0 aliphatic carbocycles. The zero-order chi connectivity index (χ0) is 18.5. The van der Waals surface area contributed by atoms with Crippen LogP contribution in [0.3, 0.4) is 0 Å². The van der Waals surface area contributed by atoms with E-state index in [2.05, 4.69) is 38.3 Å². The van der Waals surface area contributed by atoms with Gasteiger partial charge in [0.15, 0.2) is 5.78 Å². The van der Waals surface area contributed by atoms with Gasteiger partial charge in [-0.2, -0.15) is 0 Å². The second kappa shape index (κ2) is 7.93. The van der Waals surface area contributed by atoms with E-state index in [1.807, 2.05) is 20.8 Å². The summed E-state index contributed by atoms with van der Waals surface area (Å²) in [6.07, 6.45) is 1.23. The van der Waals surface area contributed by atoms with Crippen LogP contribution in [0.25, 0.3) is 0 Å². The molecule has 0 radical (unpaired) electrons. The molecule has 0 atom stereocenters. The minimum absolute atomic E-state index is 0.0474. The van der Waals surface area contributed by atoms with E-state index >= 15 is 0 Å². The first-order valence-corrected chi connectivity index (χ1v) is 8.69. The Labute approximate surface area is 146 Å². The van der Waals surface area contributed by atoms with Gasteiger partial charge in [-0.1, -0.05) is 32.9 Å². The Morgan fingerprint density at radius 2 is 1.62 bits per heavy atom. The summed E-state index contributed by atoms with van der Waals surface area (Å²) >= 11 is 0. The molecule has 4 nitrogen and oxygen atoms in total. The maximum Gasteiger partial charge on any atom is 0.251 e. The molecule has 2 N–H and O–H groups in total. The number of amides is 1. The molecule has 1 aromatic carbocycles. The van der Waals surface area contributed by atoms with Crippen molar-refractivity contribution in [1.82, 2.24) is 10.6 Å². The summed E-state index contributed by atoms with van der Waals surface area (Å²) in [7, 11) is 0. The maximum absolute atomic E-state index is 12.6. The van der Waals surface area contributed by atoms with Crippen molar-refractivity contribution < 1.29 is 9.59 Å². The third-order valence-corrected chi connectivity index (χ3v) is 3.78. The van der Waals surface area contributed by atoms with Crippen molar-refractivity contribution in [2.24, 2.45) is 0 Å². The van der Waals surface area contributed by atoms with Crippen LogP contribution >= 0.6 is 0 Å². The highest BCUT2D eigenvalue weighted by atomic mass is 16.2. The zero-order valence-electron chi connectivity index (χ0n) is 16.1. The molecule has 0 unspecified atom stereocenters. The van der Waals surface area contributed by atoms with Crippen LogP contribution < -0.4 is 10.6 Å². The van der Waals surface area contributed by atoms with Gasteiger partial charge in [0.25, 0.3) is 5.91 Å². The fourth-order valence-corrected chi connectivity index (χ4v) is 3.40. The second-order valence-electron chi connectivity index (χ2n) is 8.06. The minimum Gasteiger partial charge on any atom is -0.347 e. The number of ketones is 1. The Balaban J connectivity index is 2.84. The van der Waals surface area contributed by atoms with E-state index in [0.29, 0.717) is 23.6 Å². The predicted octanol–water partition coefficient (Wildman–Crippen LogP) is 3.95. The molecular formula is C20H32N2O2. The van der Waals surface area contributed by atoms with Crippen LogP contribution in [0.15, 0.2) is 24.3 Å². The Hall–Kier alpha value is -1.68. The van der Waals surface area contributed by atoms with Gasteiger partial charge in [-0.3, -0.25) is 9.59 Å². The Morgan fingerprint density at radius 3 is 2.17 bits per heavy atom. The average Bonchev–Trinajstić information content (AvgIpc) is 2.43. The summed E-state index contributed by atoms with van der Waals surface area (Å²) in [6, 6.07) is 7.31. The largest absolute Gasteiger partial charge is 0.347 e. The molecule has 134 valence electrons. The molecule has 0 saturated heterocycles. The molecule has 0 aliphatic rings. The Kier molecular flexibility index (Phi) is 6.73. The van der Waals surface area contributed by atoms with Crippen LogP contribution in [0.1, 0.15) is 82.0 Å². The fraction of sp³-hybridized carbons (Fsp3) is 0.600. The molecule has 1 rings (SSSR count). The van der Waals surface area contributed by atoms with Crippen LogP contribution in [0, 0.1) is 0 Å². The number of nitrogens with one attached hydrogen (secondary N) is 2. The molecule has 0 aromatic heterocycles. The van der Waals surface area contributed by atoms with Crippen LogP contribution in [-0.4, -0.2) is 28.8 Å². The van der Waals surface area contributed by atoms with Crippen LogP contribution in [0.4, 0.5) is 0 Å². The summed E-state index contributed by atoms with van der Waals surface area (Å²) in [5, 5.41) is 6.62. The quantitative estimate of drug-likeness (QED) is 0.709. The third-order valence-electron chi connectivity index (χ3n) is 3.78. The molecule has 24 heavy (non-hydrogen) atoms. The maximum atomic E-state index is 12.6. The highest BCUT2D eigenvalue weighted by Crippen LogP contribution is 2.21. The van der Waals surface area contributed by atoms with Gasteiger partial charge >= 0.3 is 0 Å². The van der Waals surface area contributed by atoms with Crippen molar-refractivity contribution in [2.75, 3.05) is 0 Å². The van der Waals surface area contributed by atoms with Gasteiger partial charge in [0, 0.05) is 34.7 Å². The van der Waals surface area contributed by atoms with Crippen molar-refractivity contribution in [3.05, 3.63) is 35.4 Å². The summed E-state index contributed by atoms with van der Waals surface area (Å²) in [5.41, 5.74) is 0.653. The van der Waals surface area contributed by atoms with Crippen molar-refractivity contribution in [1.29, 1.82) is 0 Å². The van der Waals surface area contributed by atoms with E-state index in [1.54, 1.807) is 24.3 Å². The van der Waals surface area contributed by atoms with Crippen molar-refractivity contribution in [2.45, 2.75) is 78.4 Å². The summed E-state index contributed by atoms with van der Waals surface area (Å²) in [5.74, 6) is -0.0997. The molecule has 0 fully saturated rings.